The highest BCUT2D eigenvalue weighted by atomic mass is 19.4. The smallest absolute Gasteiger partial charge is 0.235 e. The number of benzene rings is 1. The second-order valence-electron chi connectivity index (χ2n) is 3.68. The zero-order valence-electron chi connectivity index (χ0n) is 9.09. The molecule has 0 saturated carbocycles. The summed E-state index contributed by atoms with van der Waals surface area (Å²) in [5, 5.41) is 3.27. The predicted octanol–water partition coefficient (Wildman–Crippen LogP) is 3.48. The number of nitrogens with zero attached hydrogens (tertiary/aromatic N) is 2. The first-order chi connectivity index (χ1) is 8.29. The van der Waals surface area contributed by atoms with Gasteiger partial charge in [-0.05, 0) is 25.1 Å². The molecule has 1 aromatic heterocycles. The van der Waals surface area contributed by atoms with Crippen molar-refractivity contribution in [2.45, 2.75) is 13.1 Å². The monoisotopic (exact) mass is 262 g/mol. The summed E-state index contributed by atoms with van der Waals surface area (Å²) >= 11 is 0. The Balaban J connectivity index is 2.55. The lowest BCUT2D eigenvalue weighted by atomic mass is 10.3. The summed E-state index contributed by atoms with van der Waals surface area (Å²) in [6.45, 7) is 1.35. The van der Waals surface area contributed by atoms with Gasteiger partial charge in [0.1, 0.15) is 11.5 Å². The molecule has 0 amide bonds. The Morgan fingerprint density at radius 1 is 1.11 bits per heavy atom. The minimum Gasteiger partial charge on any atom is -0.235 e. The van der Waals surface area contributed by atoms with E-state index in [-0.39, 0.29) is 11.4 Å². The maximum Gasteiger partial charge on any atom is 0.435 e. The molecule has 1 heterocycles. The summed E-state index contributed by atoms with van der Waals surface area (Å²) in [5.74, 6) is -1.79. The zero-order valence-corrected chi connectivity index (χ0v) is 9.09. The highest BCUT2D eigenvalue weighted by Crippen LogP contribution is 2.29. The van der Waals surface area contributed by atoms with Crippen LogP contribution in [0.2, 0.25) is 0 Å². The van der Waals surface area contributed by atoms with E-state index in [9.17, 15) is 22.0 Å². The van der Waals surface area contributed by atoms with Gasteiger partial charge in [0.25, 0.3) is 0 Å². The molecule has 0 aliphatic rings. The van der Waals surface area contributed by atoms with Gasteiger partial charge in [-0.3, -0.25) is 0 Å². The van der Waals surface area contributed by atoms with E-state index in [0.29, 0.717) is 6.07 Å². The van der Waals surface area contributed by atoms with Crippen LogP contribution >= 0.6 is 0 Å². The third kappa shape index (κ3) is 2.20. The Kier molecular flexibility index (Phi) is 2.84. The summed E-state index contributed by atoms with van der Waals surface area (Å²) in [7, 11) is 0. The van der Waals surface area contributed by atoms with Crippen molar-refractivity contribution in [2.75, 3.05) is 0 Å². The fourth-order valence-corrected chi connectivity index (χ4v) is 1.51. The standard InChI is InChI=1S/C11H7F5N2/c1-6-4-10(11(14,15)16)17-18(6)9-3-2-7(12)5-8(9)13/h2-5H,1H3. The first-order valence-corrected chi connectivity index (χ1v) is 4.88. The molecule has 0 fully saturated rings. The molecule has 0 saturated heterocycles. The van der Waals surface area contributed by atoms with Crippen LogP contribution in [0.3, 0.4) is 0 Å². The molecule has 2 rings (SSSR count). The fraction of sp³-hybridized carbons (Fsp3) is 0.182. The minimum absolute atomic E-state index is 0.104. The fourth-order valence-electron chi connectivity index (χ4n) is 1.51. The van der Waals surface area contributed by atoms with Crippen molar-refractivity contribution in [3.8, 4) is 5.69 Å². The molecular weight excluding hydrogens is 255 g/mol. The van der Waals surface area contributed by atoms with Crippen molar-refractivity contribution < 1.29 is 22.0 Å². The SMILES string of the molecule is Cc1cc(C(F)(F)F)nn1-c1ccc(F)cc1F. The van der Waals surface area contributed by atoms with E-state index in [1.54, 1.807) is 0 Å². The van der Waals surface area contributed by atoms with Gasteiger partial charge in [-0.1, -0.05) is 0 Å². The number of aromatic nitrogens is 2. The topological polar surface area (TPSA) is 17.8 Å². The Bertz CT molecular complexity index is 586. The molecule has 2 nitrogen and oxygen atoms in total. The average molecular weight is 262 g/mol. The van der Waals surface area contributed by atoms with Gasteiger partial charge in [0.05, 0.1) is 0 Å². The van der Waals surface area contributed by atoms with E-state index in [1.807, 2.05) is 0 Å². The Hall–Kier alpha value is -1.92. The molecular formula is C11H7F5N2. The Morgan fingerprint density at radius 2 is 1.78 bits per heavy atom. The number of hydrogen-bond donors (Lipinski definition) is 0. The van der Waals surface area contributed by atoms with Crippen LogP contribution in [0.5, 0.6) is 0 Å². The molecule has 2 aromatic rings. The van der Waals surface area contributed by atoms with E-state index in [1.165, 1.54) is 6.92 Å². The third-order valence-corrected chi connectivity index (χ3v) is 2.32. The zero-order chi connectivity index (χ0) is 13.5. The van der Waals surface area contributed by atoms with Crippen LogP contribution in [-0.2, 0) is 6.18 Å². The van der Waals surface area contributed by atoms with E-state index in [0.717, 1.165) is 22.9 Å². The van der Waals surface area contributed by atoms with Gasteiger partial charge in [-0.15, -0.1) is 0 Å². The van der Waals surface area contributed by atoms with Crippen LogP contribution in [0.1, 0.15) is 11.4 Å². The van der Waals surface area contributed by atoms with Crippen LogP contribution in [-0.4, -0.2) is 9.78 Å². The Labute approximate surface area is 98.7 Å². The normalized spacial score (nSPS) is 11.9. The van der Waals surface area contributed by atoms with Gasteiger partial charge >= 0.3 is 6.18 Å². The van der Waals surface area contributed by atoms with Gasteiger partial charge in [0.15, 0.2) is 11.5 Å². The number of rotatable bonds is 1. The first-order valence-electron chi connectivity index (χ1n) is 4.88. The van der Waals surface area contributed by atoms with Gasteiger partial charge in [0, 0.05) is 11.8 Å². The lowest BCUT2D eigenvalue weighted by Crippen LogP contribution is -2.08. The highest BCUT2D eigenvalue weighted by molar-refractivity contribution is 5.35. The number of hydrogen-bond acceptors (Lipinski definition) is 1. The largest absolute Gasteiger partial charge is 0.435 e. The van der Waals surface area contributed by atoms with Crippen molar-refractivity contribution in [3.63, 3.8) is 0 Å². The molecule has 18 heavy (non-hydrogen) atoms. The van der Waals surface area contributed by atoms with Gasteiger partial charge in [-0.2, -0.15) is 18.3 Å². The molecule has 96 valence electrons. The Morgan fingerprint density at radius 3 is 2.28 bits per heavy atom. The van der Waals surface area contributed by atoms with Crippen molar-refractivity contribution in [3.05, 3.63) is 47.3 Å². The van der Waals surface area contributed by atoms with E-state index < -0.39 is 23.5 Å². The summed E-state index contributed by atoms with van der Waals surface area (Å²) in [6.07, 6.45) is -4.60. The number of aryl methyl sites for hydroxylation is 1. The van der Waals surface area contributed by atoms with Gasteiger partial charge in [0.2, 0.25) is 0 Å². The van der Waals surface area contributed by atoms with E-state index in [4.69, 9.17) is 0 Å². The maximum atomic E-state index is 13.4. The molecule has 0 N–H and O–H groups in total. The maximum absolute atomic E-state index is 13.4. The lowest BCUT2D eigenvalue weighted by molar-refractivity contribution is -0.141. The van der Waals surface area contributed by atoms with Crippen molar-refractivity contribution in [2.24, 2.45) is 0 Å². The third-order valence-electron chi connectivity index (χ3n) is 2.32. The van der Waals surface area contributed by atoms with Crippen LogP contribution in [0.25, 0.3) is 5.69 Å². The van der Waals surface area contributed by atoms with E-state index in [2.05, 4.69) is 5.10 Å². The lowest BCUT2D eigenvalue weighted by Gasteiger charge is -2.06. The molecule has 7 heteroatoms. The molecule has 0 radical (unpaired) electrons. The average Bonchev–Trinajstić information content (AvgIpc) is 2.60. The van der Waals surface area contributed by atoms with Gasteiger partial charge in [-0.25, -0.2) is 13.5 Å². The first kappa shape index (κ1) is 12.5. The van der Waals surface area contributed by atoms with Crippen molar-refractivity contribution in [1.82, 2.24) is 9.78 Å². The second kappa shape index (κ2) is 4.08. The second-order valence-corrected chi connectivity index (χ2v) is 3.68. The van der Waals surface area contributed by atoms with Crippen LogP contribution in [0.15, 0.2) is 24.3 Å². The van der Waals surface area contributed by atoms with Crippen molar-refractivity contribution in [1.29, 1.82) is 0 Å². The molecule has 0 unspecified atom stereocenters. The van der Waals surface area contributed by atoms with Crippen molar-refractivity contribution >= 4 is 0 Å². The van der Waals surface area contributed by atoms with Crippen LogP contribution < -0.4 is 0 Å². The van der Waals surface area contributed by atoms with Crippen LogP contribution in [0, 0.1) is 18.6 Å². The summed E-state index contributed by atoms with van der Waals surface area (Å²) in [6, 6.07) is 3.37. The quantitative estimate of drug-likeness (QED) is 0.719. The minimum atomic E-state index is -4.60. The van der Waals surface area contributed by atoms with E-state index >= 15 is 0 Å². The molecule has 0 spiro atoms. The summed E-state index contributed by atoms with van der Waals surface area (Å²) in [5.41, 5.74) is -1.25. The molecule has 0 aliphatic heterocycles. The van der Waals surface area contributed by atoms with Crippen LogP contribution in [0.4, 0.5) is 22.0 Å². The number of alkyl halides is 3. The van der Waals surface area contributed by atoms with Gasteiger partial charge < -0.3 is 0 Å². The highest BCUT2D eigenvalue weighted by Gasteiger charge is 2.34. The molecule has 1 aromatic carbocycles. The molecule has 0 atom stereocenters. The molecule has 0 bridgehead atoms. The predicted molar refractivity (Wildman–Crippen MR) is 53.2 cm³/mol. The summed E-state index contributed by atoms with van der Waals surface area (Å²) in [4.78, 5) is 0. The number of halogens is 5. The summed E-state index contributed by atoms with van der Waals surface area (Å²) < 4.78 is 64.2. The molecule has 0 aliphatic carbocycles.